The maximum absolute atomic E-state index is 17.3. The molecule has 27 aromatic rings. The van der Waals surface area contributed by atoms with Crippen LogP contribution in [0.3, 0.4) is 0 Å². The molecule has 0 aromatic heterocycles. The van der Waals surface area contributed by atoms with Crippen LogP contribution in [0.4, 0.5) is 0 Å². The van der Waals surface area contributed by atoms with Crippen molar-refractivity contribution in [3.8, 4) is 0 Å². The van der Waals surface area contributed by atoms with Gasteiger partial charge in [-0.15, -0.1) is 5.73 Å². The summed E-state index contributed by atoms with van der Waals surface area (Å²) in [6.07, 6.45) is 0.346. The average molecular weight is 992 g/mol. The van der Waals surface area contributed by atoms with Crippen molar-refractivity contribution in [2.45, 2.75) is 41.0 Å². The van der Waals surface area contributed by atoms with E-state index in [1.807, 2.05) is 37.3 Å². The van der Waals surface area contributed by atoms with Gasteiger partial charge in [-0.2, -0.15) is 0 Å². The summed E-state index contributed by atoms with van der Waals surface area (Å²) >= 11 is 0. The fraction of sp³-hybridized carbons (Fsp3) is 0.118. The molecule has 344 valence electrons. The molecule has 0 bridgehead atoms. The number of carbonyl (C=O) groups is 2. The van der Waals surface area contributed by atoms with Gasteiger partial charge in [-0.3, -0.25) is 4.79 Å². The topological polar surface area (TPSA) is 46.6 Å². The first kappa shape index (κ1) is 31.7. The first-order valence-corrected chi connectivity index (χ1v) is 29.6. The van der Waals surface area contributed by atoms with E-state index in [0.717, 1.165) is 5.57 Å². The van der Waals surface area contributed by atoms with Crippen molar-refractivity contribution in [3.05, 3.63) is 87.2 Å². The number of nitrogens with zero attached hydrogens (tertiary/aromatic N) is 1. The molecule has 5 atom stereocenters. The maximum atomic E-state index is 17.3. The number of hydrogen-bond donors (Lipinski definition) is 0. The van der Waals surface area contributed by atoms with Gasteiger partial charge in [0.15, 0.2) is 5.54 Å². The Hall–Kier alpha value is -9.60. The van der Waals surface area contributed by atoms with Crippen LogP contribution in [0.2, 0.25) is 0 Å². The Morgan fingerprint density at radius 1 is 0.450 bits per heavy atom. The van der Waals surface area contributed by atoms with Crippen molar-refractivity contribution in [1.82, 2.24) is 4.90 Å². The summed E-state index contributed by atoms with van der Waals surface area (Å²) in [5.74, 6) is -0.422. The van der Waals surface area contributed by atoms with Gasteiger partial charge in [0.25, 0.3) is 5.91 Å². The molecule has 35 rings (SSSR count). The lowest BCUT2D eigenvalue weighted by Crippen LogP contribution is -2.71. The Morgan fingerprint density at radius 3 is 1.23 bits per heavy atom. The minimum absolute atomic E-state index is 0.0650. The molecular weight excluding hydrogens is 975 g/mol. The molecule has 0 N–H and O–H groups in total. The van der Waals surface area contributed by atoms with Gasteiger partial charge < -0.3 is 9.64 Å². The summed E-state index contributed by atoms with van der Waals surface area (Å²) in [6, 6.07) is 10.0. The summed E-state index contributed by atoms with van der Waals surface area (Å²) in [4.78, 5) is 36.4. The maximum Gasteiger partial charge on any atom is 0.333 e. The highest BCUT2D eigenvalue weighted by Gasteiger charge is 2.95. The van der Waals surface area contributed by atoms with Gasteiger partial charge in [-0.1, -0.05) is 24.8 Å². The molecule has 1 saturated heterocycles. The number of benzene rings is 18. The number of hydrogen-bond acceptors (Lipinski definition) is 3. The first-order chi connectivity index (χ1) is 39.6. The average Bonchev–Trinajstić information content (AvgIpc) is 1.67. The van der Waals surface area contributed by atoms with Gasteiger partial charge in [0.05, 0.1) is 17.4 Å². The largest absolute Gasteiger partial charge is 0.464 e. The van der Waals surface area contributed by atoms with E-state index in [-0.39, 0.29) is 24.4 Å². The number of esters is 1. The minimum atomic E-state index is -1.45. The molecule has 7 aliphatic carbocycles. The standard InChI is InChI=1S/C76H17NO3/c1-3-13-10-74(72(79)80-4-2)76-70-63-53-45-33-27-18-16-14-15-17-19(18)28(33)36-35-26(17)29-23(15)25-24-20(14)22-21(16)30-34(27)44-50-40(30)41-32(22)37-31(24)39-38(25)43-42(29)49-46(35)55(48(36)53)65(70)69-58(49)57(43)59-54(39)56-47(37)51(41)61-60(50)66(62(63)52(44)45)73(76,67(61)64(56)68(59)75(13,69)76)11-77(74)71(78)12-8-6-5-7-9-12/h5-9,68H,1,4,10-11H2,2H3. The van der Waals surface area contributed by atoms with Gasteiger partial charge in [0.2, 0.25) is 0 Å². The number of likely N-dealkylation sites (tertiary alicyclic amines) is 1. The molecule has 0 radical (unpaired) electrons. The van der Waals surface area contributed by atoms with Crippen molar-refractivity contribution >= 4 is 281 Å². The molecule has 3 spiro atoms. The van der Waals surface area contributed by atoms with Crippen LogP contribution in [-0.2, 0) is 25.8 Å². The Balaban J connectivity index is 1.08. The van der Waals surface area contributed by atoms with Gasteiger partial charge in [0.1, 0.15) is 0 Å². The summed E-state index contributed by atoms with van der Waals surface area (Å²) in [7, 11) is 0. The molecule has 1 saturated carbocycles. The van der Waals surface area contributed by atoms with Crippen LogP contribution in [0.1, 0.15) is 63.0 Å². The third-order valence-electron chi connectivity index (χ3n) is 28.7. The lowest BCUT2D eigenvalue weighted by molar-refractivity contribution is -0.158. The highest BCUT2D eigenvalue weighted by molar-refractivity contribution is 6.81. The van der Waals surface area contributed by atoms with Crippen molar-refractivity contribution < 1.29 is 14.3 Å². The van der Waals surface area contributed by atoms with Crippen LogP contribution in [0.5, 0.6) is 0 Å². The normalized spacial score (nSPS) is 26.6. The Morgan fingerprint density at radius 2 is 0.800 bits per heavy atom. The van der Waals surface area contributed by atoms with Gasteiger partial charge in [-0.05, 0) is 327 Å². The van der Waals surface area contributed by atoms with Crippen LogP contribution in [0.15, 0.2) is 48.2 Å². The van der Waals surface area contributed by atoms with Gasteiger partial charge in [-0.25, -0.2) is 4.79 Å². The summed E-state index contributed by atoms with van der Waals surface area (Å²) in [5, 5.41) is 76.5. The van der Waals surface area contributed by atoms with E-state index in [1.54, 1.807) is 135 Å². The minimum Gasteiger partial charge on any atom is -0.464 e. The van der Waals surface area contributed by atoms with Crippen LogP contribution >= 0.6 is 0 Å². The second-order valence-electron chi connectivity index (χ2n) is 28.6. The summed E-state index contributed by atoms with van der Waals surface area (Å²) in [6.45, 7) is 7.52. The predicted molar refractivity (Wildman–Crippen MR) is 324 cm³/mol. The highest BCUT2D eigenvalue weighted by atomic mass is 16.5. The zero-order valence-corrected chi connectivity index (χ0v) is 41.5. The van der Waals surface area contributed by atoms with Crippen molar-refractivity contribution in [2.24, 2.45) is 0 Å². The lowest BCUT2D eigenvalue weighted by atomic mass is 9.36. The fourth-order valence-electron chi connectivity index (χ4n) is 28.8. The monoisotopic (exact) mass is 991 g/mol. The SMILES string of the molecule is C=C=C1CC2(C(=O)OCC)N(C(=O)c3ccccc3)CC34c5c6c7c8c9c%10c%11c%12c%13c(c%14c%15c3c3c5c5c7c7c%16c8c8c%10c%10c%11c%11c%13c%13c%14c%14c%15c%15c3c3c5c7c5c7c%16c8c8c%10c%10c%11c%13c%11c%14c%13c%15c3c5c3c%13c%11c%10c8c73)C42C1%12C69. The third-order valence-corrected chi connectivity index (χ3v) is 28.7. The summed E-state index contributed by atoms with van der Waals surface area (Å²) < 4.78 is 6.92. The van der Waals surface area contributed by atoms with Crippen molar-refractivity contribution in [1.29, 1.82) is 0 Å². The smallest absolute Gasteiger partial charge is 0.333 e. The summed E-state index contributed by atoms with van der Waals surface area (Å²) in [5.41, 5.74) is 10.5. The molecule has 4 heteroatoms. The fourth-order valence-corrected chi connectivity index (χ4v) is 28.8. The molecule has 5 unspecified atom stereocenters. The predicted octanol–water partition coefficient (Wildman–Crippen LogP) is 17.6. The second kappa shape index (κ2) is 7.33. The van der Waals surface area contributed by atoms with E-state index in [4.69, 9.17) is 11.3 Å². The molecular formula is C76H17NO3. The molecule has 27 aromatic carbocycles. The second-order valence-corrected chi connectivity index (χ2v) is 28.6. The zero-order chi connectivity index (χ0) is 48.9. The molecule has 2 fully saturated rings. The Bertz CT molecular complexity index is 8050. The van der Waals surface area contributed by atoms with E-state index in [1.165, 1.54) is 168 Å². The number of carbonyl (C=O) groups excluding carboxylic acids is 2. The number of ether oxygens (including phenoxy) is 1. The molecule has 4 nitrogen and oxygen atoms in total. The Kier molecular flexibility index (Phi) is 2.91. The molecule has 1 heterocycles. The van der Waals surface area contributed by atoms with E-state index >= 15 is 9.59 Å². The molecule has 80 heavy (non-hydrogen) atoms. The quantitative estimate of drug-likeness (QED) is 0.101. The van der Waals surface area contributed by atoms with Gasteiger partial charge in [0, 0.05) is 29.9 Å². The van der Waals surface area contributed by atoms with Crippen LogP contribution < -0.4 is 0 Å². The Labute approximate surface area is 439 Å². The van der Waals surface area contributed by atoms with E-state index in [0.29, 0.717) is 18.5 Å². The highest BCUT2D eigenvalue weighted by Crippen LogP contribution is 2.94. The van der Waals surface area contributed by atoms with Crippen LogP contribution in [0.25, 0.3) is 269 Å². The van der Waals surface area contributed by atoms with Crippen LogP contribution in [0, 0.1) is 0 Å². The molecule has 1 amide bonds. The van der Waals surface area contributed by atoms with Crippen LogP contribution in [-0.4, -0.2) is 35.5 Å². The van der Waals surface area contributed by atoms with Gasteiger partial charge >= 0.3 is 5.97 Å². The number of rotatable bonds is 3. The first-order valence-electron chi connectivity index (χ1n) is 29.6. The van der Waals surface area contributed by atoms with E-state index in [9.17, 15) is 0 Å². The zero-order valence-electron chi connectivity index (χ0n) is 41.5. The lowest BCUT2D eigenvalue weighted by Gasteiger charge is -2.62. The van der Waals surface area contributed by atoms with E-state index < -0.39 is 21.8 Å². The van der Waals surface area contributed by atoms with E-state index in [2.05, 4.69) is 10.6 Å². The third kappa shape index (κ3) is 1.69. The van der Waals surface area contributed by atoms with Crippen molar-refractivity contribution in [3.63, 3.8) is 0 Å². The molecule has 8 aliphatic rings. The van der Waals surface area contributed by atoms with Crippen molar-refractivity contribution in [2.75, 3.05) is 13.2 Å². The molecule has 1 aliphatic heterocycles. The number of amides is 1.